The van der Waals surface area contributed by atoms with Crippen LogP contribution in [0.1, 0.15) is 39.3 Å². The van der Waals surface area contributed by atoms with E-state index >= 15 is 0 Å². The first-order valence-corrected chi connectivity index (χ1v) is 10.4. The summed E-state index contributed by atoms with van der Waals surface area (Å²) >= 11 is 0. The van der Waals surface area contributed by atoms with Crippen molar-refractivity contribution in [3.63, 3.8) is 0 Å². The number of nitrogens with one attached hydrogen (secondary N) is 1. The Morgan fingerprint density at radius 2 is 1.70 bits per heavy atom. The molecule has 1 saturated heterocycles. The van der Waals surface area contributed by atoms with E-state index in [9.17, 15) is 4.79 Å². The molecule has 1 heterocycles. The van der Waals surface area contributed by atoms with Crippen molar-refractivity contribution in [2.24, 2.45) is 0 Å². The highest BCUT2D eigenvalue weighted by atomic mass is 16.5. The predicted molar refractivity (Wildman–Crippen MR) is 118 cm³/mol. The number of carbonyl (C=O) groups is 1. The van der Waals surface area contributed by atoms with E-state index in [1.165, 1.54) is 12.8 Å². The van der Waals surface area contributed by atoms with E-state index in [4.69, 9.17) is 14.2 Å². The molecule has 6 heteroatoms. The highest BCUT2D eigenvalue weighted by Gasteiger charge is 2.29. The molecule has 0 aromatic heterocycles. The van der Waals surface area contributed by atoms with E-state index in [0.717, 1.165) is 30.2 Å². The Hall–Kier alpha value is -2.73. The fourth-order valence-electron chi connectivity index (χ4n) is 3.22. The Morgan fingerprint density at radius 1 is 1.10 bits per heavy atom. The third kappa shape index (κ3) is 5.25. The number of carbonyl (C=O) groups excluding carboxylic acids is 1. The summed E-state index contributed by atoms with van der Waals surface area (Å²) in [6.07, 6.45) is 0.169. The van der Waals surface area contributed by atoms with Gasteiger partial charge in [0.1, 0.15) is 23.2 Å². The van der Waals surface area contributed by atoms with Gasteiger partial charge in [-0.1, -0.05) is 12.1 Å². The van der Waals surface area contributed by atoms with E-state index in [-0.39, 0.29) is 18.1 Å². The third-order valence-corrected chi connectivity index (χ3v) is 5.45. The lowest BCUT2D eigenvalue weighted by atomic mass is 10.0. The molecule has 0 radical (unpaired) electrons. The molecule has 1 N–H and O–H groups in total. The molecule has 2 aromatic rings. The summed E-state index contributed by atoms with van der Waals surface area (Å²) < 4.78 is 16.8. The lowest BCUT2D eigenvalue weighted by Crippen LogP contribution is -2.54. The van der Waals surface area contributed by atoms with Gasteiger partial charge in [-0.05, 0) is 69.7 Å². The summed E-state index contributed by atoms with van der Waals surface area (Å²) in [5.74, 6) is 1.60. The normalized spacial score (nSPS) is 15.3. The number of hydrogen-bond acceptors (Lipinski definition) is 5. The van der Waals surface area contributed by atoms with Gasteiger partial charge in [-0.15, -0.1) is 0 Å². The van der Waals surface area contributed by atoms with Crippen molar-refractivity contribution in [3.8, 4) is 11.5 Å². The van der Waals surface area contributed by atoms with Gasteiger partial charge in [0.05, 0.1) is 25.7 Å². The molecule has 3 rings (SSSR count). The Bertz CT molecular complexity index is 827. The van der Waals surface area contributed by atoms with Gasteiger partial charge in [-0.2, -0.15) is 0 Å². The lowest BCUT2D eigenvalue weighted by molar-refractivity contribution is -0.140. The molecule has 0 bridgehead atoms. The molecule has 0 aliphatic carbocycles. The van der Waals surface area contributed by atoms with Crippen molar-refractivity contribution >= 4 is 11.6 Å². The van der Waals surface area contributed by atoms with E-state index < -0.39 is 5.60 Å². The second-order valence-corrected chi connectivity index (χ2v) is 8.05. The fraction of sp³-hybridized carbons (Fsp3) is 0.458. The molecule has 0 spiro atoms. The molecule has 2 aromatic carbocycles. The molecule has 1 aliphatic rings. The minimum atomic E-state index is -0.850. The zero-order valence-electron chi connectivity index (χ0n) is 18.5. The standard InChI is InChI=1S/C24H32N2O4/c1-6-29-20-13-9-19(10-14-20)26-15-22(16-26)30-21-11-7-18(8-12-21)17(2)25-23(27)24(3,4)28-5/h7-14,17,22H,6,15-16H2,1-5H3,(H,25,27). The molecule has 0 saturated carbocycles. The maximum absolute atomic E-state index is 12.3. The van der Waals surface area contributed by atoms with Gasteiger partial charge in [0.2, 0.25) is 0 Å². The third-order valence-electron chi connectivity index (χ3n) is 5.45. The minimum absolute atomic E-state index is 0.111. The van der Waals surface area contributed by atoms with Crippen molar-refractivity contribution in [2.45, 2.75) is 45.4 Å². The van der Waals surface area contributed by atoms with Crippen LogP contribution in [0.15, 0.2) is 48.5 Å². The summed E-state index contributed by atoms with van der Waals surface area (Å²) in [6.45, 7) is 9.83. The highest BCUT2D eigenvalue weighted by Crippen LogP contribution is 2.27. The zero-order valence-corrected chi connectivity index (χ0v) is 18.5. The van der Waals surface area contributed by atoms with Crippen molar-refractivity contribution < 1.29 is 19.0 Å². The van der Waals surface area contributed by atoms with E-state index in [2.05, 4.69) is 22.3 Å². The van der Waals surface area contributed by atoms with Crippen molar-refractivity contribution in [3.05, 3.63) is 54.1 Å². The first kappa shape index (κ1) is 22.0. The largest absolute Gasteiger partial charge is 0.494 e. The van der Waals surface area contributed by atoms with Crippen molar-refractivity contribution in [2.75, 3.05) is 31.7 Å². The van der Waals surface area contributed by atoms with Crippen LogP contribution in [0.5, 0.6) is 11.5 Å². The van der Waals surface area contributed by atoms with Crippen LogP contribution in [0, 0.1) is 0 Å². The molecule has 1 unspecified atom stereocenters. The smallest absolute Gasteiger partial charge is 0.252 e. The number of anilines is 1. The number of hydrogen-bond donors (Lipinski definition) is 1. The van der Waals surface area contributed by atoms with Crippen LogP contribution < -0.4 is 19.7 Å². The van der Waals surface area contributed by atoms with Crippen LogP contribution in [0.4, 0.5) is 5.69 Å². The quantitative estimate of drug-likeness (QED) is 0.676. The summed E-state index contributed by atoms with van der Waals surface area (Å²) in [5.41, 5.74) is 1.35. The number of ether oxygens (including phenoxy) is 3. The number of rotatable bonds is 9. The summed E-state index contributed by atoms with van der Waals surface area (Å²) in [5, 5.41) is 2.99. The van der Waals surface area contributed by atoms with Gasteiger partial charge < -0.3 is 24.4 Å². The molecular formula is C24H32N2O4. The Morgan fingerprint density at radius 3 is 2.27 bits per heavy atom. The van der Waals surface area contributed by atoms with Gasteiger partial charge in [-0.25, -0.2) is 0 Å². The predicted octanol–water partition coefficient (Wildman–Crippen LogP) is 3.96. The SMILES string of the molecule is CCOc1ccc(N2CC(Oc3ccc(C(C)NC(=O)C(C)(C)OC)cc3)C2)cc1. The summed E-state index contributed by atoms with van der Waals surface area (Å²) in [6, 6.07) is 15.9. The number of nitrogens with zero attached hydrogens (tertiary/aromatic N) is 1. The summed E-state index contributed by atoms with van der Waals surface area (Å²) in [4.78, 5) is 14.5. The van der Waals surface area contributed by atoms with Crippen LogP contribution in [0.25, 0.3) is 0 Å². The zero-order chi connectivity index (χ0) is 21.7. The van der Waals surface area contributed by atoms with Crippen LogP contribution >= 0.6 is 0 Å². The minimum Gasteiger partial charge on any atom is -0.494 e. The lowest BCUT2D eigenvalue weighted by Gasteiger charge is -2.40. The maximum atomic E-state index is 12.3. The van der Waals surface area contributed by atoms with Gasteiger partial charge in [0.15, 0.2) is 0 Å². The summed E-state index contributed by atoms with van der Waals surface area (Å²) in [7, 11) is 1.54. The first-order valence-electron chi connectivity index (χ1n) is 10.4. The van der Waals surface area contributed by atoms with E-state index in [0.29, 0.717) is 6.61 Å². The molecule has 1 atom stereocenters. The topological polar surface area (TPSA) is 60.0 Å². The Kier molecular flexibility index (Phi) is 6.87. The second kappa shape index (κ2) is 9.39. The molecule has 162 valence electrons. The monoisotopic (exact) mass is 412 g/mol. The second-order valence-electron chi connectivity index (χ2n) is 8.05. The van der Waals surface area contributed by atoms with Crippen molar-refractivity contribution in [1.82, 2.24) is 5.32 Å². The Balaban J connectivity index is 1.48. The highest BCUT2D eigenvalue weighted by molar-refractivity contribution is 5.84. The molecule has 1 amide bonds. The van der Waals surface area contributed by atoms with Crippen LogP contribution in [0.2, 0.25) is 0 Å². The molecule has 30 heavy (non-hydrogen) atoms. The van der Waals surface area contributed by atoms with Crippen LogP contribution in [-0.2, 0) is 9.53 Å². The molecule has 1 fully saturated rings. The van der Waals surface area contributed by atoms with Gasteiger partial charge in [-0.3, -0.25) is 4.79 Å². The first-order chi connectivity index (χ1) is 14.3. The van der Waals surface area contributed by atoms with E-state index in [1.54, 1.807) is 13.8 Å². The van der Waals surface area contributed by atoms with Crippen LogP contribution in [-0.4, -0.2) is 44.4 Å². The van der Waals surface area contributed by atoms with Crippen LogP contribution in [0.3, 0.4) is 0 Å². The average molecular weight is 413 g/mol. The van der Waals surface area contributed by atoms with Gasteiger partial charge in [0.25, 0.3) is 5.91 Å². The van der Waals surface area contributed by atoms with Gasteiger partial charge in [0, 0.05) is 12.8 Å². The number of benzene rings is 2. The number of methoxy groups -OCH3 is 1. The molecule has 6 nitrogen and oxygen atoms in total. The van der Waals surface area contributed by atoms with E-state index in [1.807, 2.05) is 50.2 Å². The maximum Gasteiger partial charge on any atom is 0.252 e. The van der Waals surface area contributed by atoms with Gasteiger partial charge >= 0.3 is 0 Å². The number of amides is 1. The average Bonchev–Trinajstić information content (AvgIpc) is 2.71. The molecule has 1 aliphatic heterocycles. The Labute approximate surface area is 179 Å². The van der Waals surface area contributed by atoms with Crippen molar-refractivity contribution in [1.29, 1.82) is 0 Å². The fourth-order valence-corrected chi connectivity index (χ4v) is 3.22. The molecular weight excluding hydrogens is 380 g/mol.